The van der Waals surface area contributed by atoms with Crippen molar-refractivity contribution in [3.05, 3.63) is 0 Å². The van der Waals surface area contributed by atoms with Crippen LogP contribution in [0.15, 0.2) is 0 Å². The van der Waals surface area contributed by atoms with Gasteiger partial charge in [-0.25, -0.2) is 0 Å². The third kappa shape index (κ3) is 0.516. The molecule has 0 N–H and O–H groups in total. The molecule has 11 heavy (non-hydrogen) atoms. The van der Waals surface area contributed by atoms with Gasteiger partial charge in [0.05, 0.1) is 11.7 Å². The molecule has 1 saturated heterocycles. The van der Waals surface area contributed by atoms with Crippen molar-refractivity contribution in [3.63, 3.8) is 0 Å². The summed E-state index contributed by atoms with van der Waals surface area (Å²) >= 11 is 0. The van der Waals surface area contributed by atoms with E-state index in [-0.39, 0.29) is 0 Å². The van der Waals surface area contributed by atoms with Crippen LogP contribution in [-0.4, -0.2) is 11.7 Å². The van der Waals surface area contributed by atoms with Gasteiger partial charge in [0.1, 0.15) is 0 Å². The van der Waals surface area contributed by atoms with Gasteiger partial charge in [-0.1, -0.05) is 13.8 Å². The van der Waals surface area contributed by atoms with Crippen LogP contribution >= 0.6 is 0 Å². The summed E-state index contributed by atoms with van der Waals surface area (Å²) < 4.78 is 5.75. The predicted octanol–water partition coefficient (Wildman–Crippen LogP) is 2.21. The smallest absolute Gasteiger partial charge is 0.0953 e. The van der Waals surface area contributed by atoms with E-state index in [2.05, 4.69) is 20.8 Å². The minimum Gasteiger partial charge on any atom is -0.366 e. The Morgan fingerprint density at radius 1 is 1.18 bits per heavy atom. The number of hydrogen-bond acceptors (Lipinski definition) is 1. The zero-order valence-corrected chi connectivity index (χ0v) is 7.55. The molecular weight excluding hydrogens is 136 g/mol. The molecule has 4 aliphatic rings. The fourth-order valence-corrected chi connectivity index (χ4v) is 3.51. The highest BCUT2D eigenvalue weighted by Gasteiger charge is 2.72. The standard InChI is InChI=1S/C10H16O/c1-9(2)6-4-7(9)10(3)8(5-6)11-10/h6-8H,4-5H2,1-3H3/t6-,7-,8+,10+/m1/s1. The van der Waals surface area contributed by atoms with Crippen molar-refractivity contribution < 1.29 is 4.74 Å². The van der Waals surface area contributed by atoms with E-state index < -0.39 is 0 Å². The van der Waals surface area contributed by atoms with E-state index in [9.17, 15) is 0 Å². The van der Waals surface area contributed by atoms with E-state index >= 15 is 0 Å². The molecule has 0 unspecified atom stereocenters. The normalized spacial score (nSPS) is 63.0. The molecule has 1 heteroatoms. The second-order valence-corrected chi connectivity index (χ2v) is 5.33. The quantitative estimate of drug-likeness (QED) is 0.485. The Kier molecular flexibility index (Phi) is 0.820. The van der Waals surface area contributed by atoms with Crippen LogP contribution in [-0.2, 0) is 4.74 Å². The molecule has 0 aromatic rings. The van der Waals surface area contributed by atoms with Crippen molar-refractivity contribution in [3.8, 4) is 0 Å². The van der Waals surface area contributed by atoms with Crippen LogP contribution in [0, 0.1) is 17.3 Å². The van der Waals surface area contributed by atoms with Crippen LogP contribution in [0.1, 0.15) is 33.6 Å². The van der Waals surface area contributed by atoms with Crippen molar-refractivity contribution >= 4 is 0 Å². The highest BCUT2D eigenvalue weighted by atomic mass is 16.6. The van der Waals surface area contributed by atoms with Gasteiger partial charge in [0.2, 0.25) is 0 Å². The molecule has 0 spiro atoms. The fraction of sp³-hybridized carbons (Fsp3) is 1.00. The summed E-state index contributed by atoms with van der Waals surface area (Å²) in [6.07, 6.45) is 3.40. The molecule has 4 fully saturated rings. The summed E-state index contributed by atoms with van der Waals surface area (Å²) in [7, 11) is 0. The highest BCUT2D eigenvalue weighted by Crippen LogP contribution is 2.70. The van der Waals surface area contributed by atoms with E-state index in [0.717, 1.165) is 11.8 Å². The van der Waals surface area contributed by atoms with E-state index in [0.29, 0.717) is 17.1 Å². The second kappa shape index (κ2) is 1.39. The summed E-state index contributed by atoms with van der Waals surface area (Å²) in [5.41, 5.74) is 0.889. The topological polar surface area (TPSA) is 12.5 Å². The maximum atomic E-state index is 5.75. The van der Waals surface area contributed by atoms with Crippen molar-refractivity contribution in [2.45, 2.75) is 45.3 Å². The first-order valence-corrected chi connectivity index (χ1v) is 4.73. The molecule has 4 atom stereocenters. The lowest BCUT2D eigenvalue weighted by Gasteiger charge is -2.57. The van der Waals surface area contributed by atoms with E-state index in [4.69, 9.17) is 4.74 Å². The Bertz CT molecular complexity index is 216. The maximum absolute atomic E-state index is 5.75. The maximum Gasteiger partial charge on any atom is 0.0953 e. The molecule has 0 radical (unpaired) electrons. The molecule has 1 heterocycles. The Labute approximate surface area is 68.1 Å². The van der Waals surface area contributed by atoms with E-state index in [1.807, 2.05) is 0 Å². The average Bonchev–Trinajstić information content (AvgIpc) is 2.58. The molecule has 3 aliphatic carbocycles. The number of ether oxygens (including phenoxy) is 1. The Balaban J connectivity index is 1.98. The molecule has 0 aromatic carbocycles. The zero-order chi connectivity index (χ0) is 7.85. The van der Waals surface area contributed by atoms with Gasteiger partial charge < -0.3 is 4.74 Å². The molecule has 0 amide bonds. The summed E-state index contributed by atoms with van der Waals surface area (Å²) in [5.74, 6) is 1.83. The lowest BCUT2D eigenvalue weighted by Crippen LogP contribution is -2.56. The first-order chi connectivity index (χ1) is 5.05. The predicted molar refractivity (Wildman–Crippen MR) is 43.3 cm³/mol. The Morgan fingerprint density at radius 2 is 1.91 bits per heavy atom. The SMILES string of the molecule is CC1(C)[C@H]2C[C@@H]3O[C@@]3(C)[C@@H]1C2. The van der Waals surface area contributed by atoms with Gasteiger partial charge in [-0.15, -0.1) is 0 Å². The first kappa shape index (κ1) is 6.47. The van der Waals surface area contributed by atoms with Gasteiger partial charge in [-0.3, -0.25) is 0 Å². The largest absolute Gasteiger partial charge is 0.366 e. The third-order valence-electron chi connectivity index (χ3n) is 4.64. The van der Waals surface area contributed by atoms with Crippen LogP contribution in [0.5, 0.6) is 0 Å². The number of epoxide rings is 1. The minimum absolute atomic E-state index is 0.304. The van der Waals surface area contributed by atoms with Crippen LogP contribution in [0.2, 0.25) is 0 Å². The number of rotatable bonds is 0. The average molecular weight is 152 g/mol. The van der Waals surface area contributed by atoms with Gasteiger partial charge in [0.15, 0.2) is 0 Å². The molecule has 62 valence electrons. The third-order valence-corrected chi connectivity index (χ3v) is 4.64. The molecule has 1 aliphatic heterocycles. The minimum atomic E-state index is 0.304. The molecule has 1 nitrogen and oxygen atoms in total. The Morgan fingerprint density at radius 3 is 2.36 bits per heavy atom. The van der Waals surface area contributed by atoms with E-state index in [1.54, 1.807) is 0 Å². The lowest BCUT2D eigenvalue weighted by atomic mass is 9.46. The van der Waals surface area contributed by atoms with Crippen LogP contribution in [0.3, 0.4) is 0 Å². The molecular formula is C10H16O. The van der Waals surface area contributed by atoms with Crippen LogP contribution < -0.4 is 0 Å². The van der Waals surface area contributed by atoms with Crippen LogP contribution in [0.25, 0.3) is 0 Å². The molecule has 3 saturated carbocycles. The van der Waals surface area contributed by atoms with Gasteiger partial charge in [0, 0.05) is 0 Å². The summed E-state index contributed by atoms with van der Waals surface area (Å²) in [4.78, 5) is 0. The van der Waals surface area contributed by atoms with Gasteiger partial charge in [-0.2, -0.15) is 0 Å². The van der Waals surface area contributed by atoms with Crippen molar-refractivity contribution in [2.24, 2.45) is 17.3 Å². The van der Waals surface area contributed by atoms with Gasteiger partial charge in [-0.05, 0) is 37.0 Å². The first-order valence-electron chi connectivity index (χ1n) is 4.73. The fourth-order valence-electron chi connectivity index (χ4n) is 3.51. The molecule has 4 rings (SSSR count). The highest BCUT2D eigenvalue weighted by molar-refractivity contribution is 5.20. The monoisotopic (exact) mass is 152 g/mol. The molecule has 2 bridgehead atoms. The van der Waals surface area contributed by atoms with E-state index in [1.165, 1.54) is 12.8 Å². The molecule has 0 aromatic heterocycles. The van der Waals surface area contributed by atoms with Crippen LogP contribution in [0.4, 0.5) is 0 Å². The van der Waals surface area contributed by atoms with Crippen molar-refractivity contribution in [1.82, 2.24) is 0 Å². The summed E-state index contributed by atoms with van der Waals surface area (Å²) in [6, 6.07) is 0. The summed E-state index contributed by atoms with van der Waals surface area (Å²) in [5, 5.41) is 0. The Hall–Kier alpha value is -0.0400. The van der Waals surface area contributed by atoms with Crippen molar-refractivity contribution in [2.75, 3.05) is 0 Å². The summed E-state index contributed by atoms with van der Waals surface area (Å²) in [6.45, 7) is 7.13. The number of hydrogen-bond donors (Lipinski definition) is 0. The van der Waals surface area contributed by atoms with Crippen molar-refractivity contribution in [1.29, 1.82) is 0 Å². The zero-order valence-electron chi connectivity index (χ0n) is 7.55. The van der Waals surface area contributed by atoms with Gasteiger partial charge >= 0.3 is 0 Å². The lowest BCUT2D eigenvalue weighted by molar-refractivity contribution is -0.0789. The van der Waals surface area contributed by atoms with Gasteiger partial charge in [0.25, 0.3) is 0 Å². The second-order valence-electron chi connectivity index (χ2n) is 5.33.